The Balaban J connectivity index is 2.08. The van der Waals surface area contributed by atoms with E-state index in [1.807, 2.05) is 6.92 Å². The summed E-state index contributed by atoms with van der Waals surface area (Å²) >= 11 is 11.9. The van der Waals surface area contributed by atoms with Crippen LogP contribution in [0, 0.1) is 0 Å². The first-order chi connectivity index (χ1) is 12.3. The molecule has 9 heteroatoms. The highest BCUT2D eigenvalue weighted by atomic mass is 35.5. The summed E-state index contributed by atoms with van der Waals surface area (Å²) in [5, 5.41) is 3.04. The molecule has 0 aliphatic heterocycles. The van der Waals surface area contributed by atoms with E-state index in [0.29, 0.717) is 23.1 Å². The van der Waals surface area contributed by atoms with Crippen molar-refractivity contribution >= 4 is 44.8 Å². The van der Waals surface area contributed by atoms with Crippen molar-refractivity contribution in [2.24, 2.45) is 0 Å². The van der Waals surface area contributed by atoms with Crippen LogP contribution in [0.5, 0.6) is 5.75 Å². The number of amides is 1. The van der Waals surface area contributed by atoms with Gasteiger partial charge in [-0.3, -0.25) is 4.79 Å². The van der Waals surface area contributed by atoms with Crippen molar-refractivity contribution in [1.29, 1.82) is 0 Å². The van der Waals surface area contributed by atoms with E-state index in [0.717, 1.165) is 4.31 Å². The van der Waals surface area contributed by atoms with Gasteiger partial charge in [-0.05, 0) is 43.3 Å². The van der Waals surface area contributed by atoms with Crippen LogP contribution in [-0.4, -0.2) is 38.8 Å². The van der Waals surface area contributed by atoms with Gasteiger partial charge < -0.3 is 10.1 Å². The Morgan fingerprint density at radius 1 is 1.15 bits per heavy atom. The fourth-order valence-electron chi connectivity index (χ4n) is 2.13. The molecule has 140 valence electrons. The number of nitrogens with one attached hydrogen (secondary N) is 1. The van der Waals surface area contributed by atoms with Crippen molar-refractivity contribution < 1.29 is 17.9 Å². The van der Waals surface area contributed by atoms with Gasteiger partial charge in [0.15, 0.2) is 0 Å². The van der Waals surface area contributed by atoms with Crippen LogP contribution in [0.25, 0.3) is 0 Å². The van der Waals surface area contributed by atoms with Gasteiger partial charge in [-0.2, -0.15) is 4.31 Å². The van der Waals surface area contributed by atoms with Crippen molar-refractivity contribution in [3.8, 4) is 5.75 Å². The van der Waals surface area contributed by atoms with Crippen LogP contribution in [0.15, 0.2) is 47.4 Å². The normalized spacial score (nSPS) is 11.4. The molecule has 0 aromatic heterocycles. The number of benzene rings is 2. The third kappa shape index (κ3) is 4.88. The van der Waals surface area contributed by atoms with Crippen LogP contribution in [-0.2, 0) is 14.8 Å². The van der Waals surface area contributed by atoms with Crippen LogP contribution in [0.3, 0.4) is 0 Å². The standard InChI is InChI=1S/C17H18Cl2N2O4S/c1-3-25-12-7-9-13(10-8-12)26(23,24)21(2)11-16(22)20-15-6-4-5-14(18)17(15)19/h4-10H,3,11H2,1-2H3,(H,20,22). The molecule has 6 nitrogen and oxygen atoms in total. The molecule has 2 rings (SSSR count). The van der Waals surface area contributed by atoms with Gasteiger partial charge in [-0.1, -0.05) is 29.3 Å². The number of hydrogen-bond acceptors (Lipinski definition) is 4. The minimum absolute atomic E-state index is 0.0667. The van der Waals surface area contributed by atoms with Crippen LogP contribution in [0.4, 0.5) is 5.69 Å². The summed E-state index contributed by atoms with van der Waals surface area (Å²) < 4.78 is 31.4. The Morgan fingerprint density at radius 2 is 1.81 bits per heavy atom. The second-order valence-electron chi connectivity index (χ2n) is 5.32. The number of anilines is 1. The quantitative estimate of drug-likeness (QED) is 0.746. The molecule has 0 fully saturated rings. The molecule has 2 aromatic rings. The number of carbonyl (C=O) groups excluding carboxylic acids is 1. The first-order valence-corrected chi connectivity index (χ1v) is 9.88. The maximum Gasteiger partial charge on any atom is 0.243 e. The first kappa shape index (κ1) is 20.5. The van der Waals surface area contributed by atoms with Crippen LogP contribution < -0.4 is 10.1 Å². The van der Waals surface area contributed by atoms with E-state index in [9.17, 15) is 13.2 Å². The van der Waals surface area contributed by atoms with E-state index >= 15 is 0 Å². The number of halogens is 2. The molecule has 0 saturated heterocycles. The Morgan fingerprint density at radius 3 is 2.42 bits per heavy atom. The largest absolute Gasteiger partial charge is 0.494 e. The topological polar surface area (TPSA) is 75.7 Å². The molecule has 0 aliphatic carbocycles. The van der Waals surface area contributed by atoms with Crippen LogP contribution >= 0.6 is 23.2 Å². The number of sulfonamides is 1. The zero-order valence-corrected chi connectivity index (χ0v) is 16.5. The number of nitrogens with zero attached hydrogens (tertiary/aromatic N) is 1. The first-order valence-electron chi connectivity index (χ1n) is 7.68. The van der Waals surface area contributed by atoms with E-state index in [2.05, 4.69) is 5.32 Å². The molecular formula is C17H18Cl2N2O4S. The van der Waals surface area contributed by atoms with Gasteiger partial charge in [0.1, 0.15) is 5.75 Å². The molecule has 26 heavy (non-hydrogen) atoms. The summed E-state index contributed by atoms with van der Waals surface area (Å²) in [6.45, 7) is 1.94. The van der Waals surface area contributed by atoms with E-state index < -0.39 is 15.9 Å². The lowest BCUT2D eigenvalue weighted by Gasteiger charge is -2.17. The Bertz CT molecular complexity index is 886. The van der Waals surface area contributed by atoms with E-state index in [1.54, 1.807) is 30.3 Å². The van der Waals surface area contributed by atoms with E-state index in [4.69, 9.17) is 27.9 Å². The number of carbonyl (C=O) groups is 1. The lowest BCUT2D eigenvalue weighted by molar-refractivity contribution is -0.116. The van der Waals surface area contributed by atoms with Crippen molar-refractivity contribution in [3.05, 3.63) is 52.5 Å². The molecule has 0 unspecified atom stereocenters. The SMILES string of the molecule is CCOc1ccc(S(=O)(=O)N(C)CC(=O)Nc2cccc(Cl)c2Cl)cc1. The minimum atomic E-state index is -3.82. The number of likely N-dealkylation sites (N-methyl/N-ethyl adjacent to an activating group) is 1. The van der Waals surface area contributed by atoms with Crippen molar-refractivity contribution in [2.45, 2.75) is 11.8 Å². The summed E-state index contributed by atoms with van der Waals surface area (Å²) in [5.41, 5.74) is 0.316. The molecule has 1 amide bonds. The maximum atomic E-state index is 12.6. The molecule has 2 aromatic carbocycles. The van der Waals surface area contributed by atoms with Crippen LogP contribution in [0.1, 0.15) is 6.92 Å². The fraction of sp³-hybridized carbons (Fsp3) is 0.235. The molecule has 0 aliphatic rings. The monoisotopic (exact) mass is 416 g/mol. The second-order valence-corrected chi connectivity index (χ2v) is 8.15. The molecule has 0 radical (unpaired) electrons. The predicted molar refractivity (Wildman–Crippen MR) is 103 cm³/mol. The fourth-order valence-corrected chi connectivity index (χ4v) is 3.61. The third-order valence-corrected chi connectivity index (χ3v) is 6.07. The Kier molecular flexibility index (Phi) is 6.88. The second kappa shape index (κ2) is 8.73. The third-order valence-electron chi connectivity index (χ3n) is 3.43. The van der Waals surface area contributed by atoms with Gasteiger partial charge in [-0.25, -0.2) is 8.42 Å². The summed E-state index contributed by atoms with van der Waals surface area (Å²) in [7, 11) is -2.49. The van der Waals surface area contributed by atoms with Crippen LogP contribution in [0.2, 0.25) is 10.0 Å². The lowest BCUT2D eigenvalue weighted by atomic mass is 10.3. The predicted octanol–water partition coefficient (Wildman–Crippen LogP) is 3.65. The summed E-state index contributed by atoms with van der Waals surface area (Å²) in [4.78, 5) is 12.2. The van der Waals surface area contributed by atoms with Crippen molar-refractivity contribution in [3.63, 3.8) is 0 Å². The van der Waals surface area contributed by atoms with Crippen molar-refractivity contribution in [1.82, 2.24) is 4.31 Å². The average Bonchev–Trinajstić information content (AvgIpc) is 2.59. The Hall–Kier alpha value is -1.80. The molecule has 0 bridgehead atoms. The van der Waals surface area contributed by atoms with Gasteiger partial charge in [0.05, 0.1) is 33.8 Å². The molecule has 0 spiro atoms. The van der Waals surface area contributed by atoms with Crippen molar-refractivity contribution in [2.75, 3.05) is 25.5 Å². The lowest BCUT2D eigenvalue weighted by Crippen LogP contribution is -2.35. The van der Waals surface area contributed by atoms with Gasteiger partial charge in [0.2, 0.25) is 15.9 Å². The van der Waals surface area contributed by atoms with Gasteiger partial charge in [-0.15, -0.1) is 0 Å². The highest BCUT2D eigenvalue weighted by Gasteiger charge is 2.23. The number of hydrogen-bond donors (Lipinski definition) is 1. The molecular weight excluding hydrogens is 399 g/mol. The average molecular weight is 417 g/mol. The van der Waals surface area contributed by atoms with E-state index in [-0.39, 0.29) is 16.5 Å². The molecule has 1 N–H and O–H groups in total. The maximum absolute atomic E-state index is 12.6. The molecule has 0 saturated carbocycles. The zero-order chi connectivity index (χ0) is 19.3. The minimum Gasteiger partial charge on any atom is -0.494 e. The van der Waals surface area contributed by atoms with E-state index in [1.165, 1.54) is 19.2 Å². The summed E-state index contributed by atoms with van der Waals surface area (Å²) in [6, 6.07) is 10.8. The van der Waals surface area contributed by atoms with Gasteiger partial charge in [0, 0.05) is 7.05 Å². The highest BCUT2D eigenvalue weighted by molar-refractivity contribution is 7.89. The molecule has 0 heterocycles. The summed E-state index contributed by atoms with van der Waals surface area (Å²) in [5.74, 6) is 0.0358. The zero-order valence-electron chi connectivity index (χ0n) is 14.2. The highest BCUT2D eigenvalue weighted by Crippen LogP contribution is 2.29. The summed E-state index contributed by atoms with van der Waals surface area (Å²) in [6.07, 6.45) is 0. The number of rotatable bonds is 7. The van der Waals surface area contributed by atoms with Gasteiger partial charge in [0.25, 0.3) is 0 Å². The smallest absolute Gasteiger partial charge is 0.243 e. The van der Waals surface area contributed by atoms with Gasteiger partial charge >= 0.3 is 0 Å². The Labute approximate surface area is 162 Å². The number of ether oxygens (including phenoxy) is 1. The molecule has 0 atom stereocenters.